The third-order valence-corrected chi connectivity index (χ3v) is 8.28. The Morgan fingerprint density at radius 1 is 1.20 bits per heavy atom. The van der Waals surface area contributed by atoms with Crippen molar-refractivity contribution in [1.82, 2.24) is 4.90 Å². The van der Waals surface area contributed by atoms with E-state index in [-0.39, 0.29) is 33.9 Å². The van der Waals surface area contributed by atoms with Crippen LogP contribution in [-0.4, -0.2) is 37.1 Å². The van der Waals surface area contributed by atoms with E-state index in [1.807, 2.05) is 0 Å². The van der Waals surface area contributed by atoms with Gasteiger partial charge < -0.3 is 4.90 Å². The van der Waals surface area contributed by atoms with Crippen LogP contribution < -0.4 is 0 Å². The number of rotatable bonds is 2. The van der Waals surface area contributed by atoms with Gasteiger partial charge in [-0.1, -0.05) is 26.5 Å². The van der Waals surface area contributed by atoms with Gasteiger partial charge in [-0.15, -0.1) is 0 Å². The molecule has 0 unspecified atom stereocenters. The maximum Gasteiger partial charge on any atom is 0.181 e. The number of carbonyl (C=O) groups excluding carboxylic acids is 2. The van der Waals surface area contributed by atoms with Crippen LogP contribution in [0, 0.1) is 34.0 Å². The molecule has 0 amide bonds. The molecule has 4 aliphatic carbocycles. The lowest BCUT2D eigenvalue weighted by molar-refractivity contribution is -0.130. The van der Waals surface area contributed by atoms with E-state index in [0.717, 1.165) is 44.2 Å². The Balaban J connectivity index is 1.82. The molecule has 2 bridgehead atoms. The molecule has 0 radical (unpaired) electrons. The van der Waals surface area contributed by atoms with Gasteiger partial charge in [-0.2, -0.15) is 0 Å². The molecule has 4 rings (SSSR count). The summed E-state index contributed by atoms with van der Waals surface area (Å²) in [5.74, 6) is 1.47. The van der Waals surface area contributed by atoms with Gasteiger partial charge in [0.15, 0.2) is 5.78 Å². The van der Waals surface area contributed by atoms with Crippen molar-refractivity contribution in [3.63, 3.8) is 0 Å². The van der Waals surface area contributed by atoms with E-state index in [4.69, 9.17) is 0 Å². The largest absolute Gasteiger partial charge is 0.309 e. The van der Waals surface area contributed by atoms with Crippen molar-refractivity contribution in [2.24, 2.45) is 34.0 Å². The van der Waals surface area contributed by atoms with Gasteiger partial charge in [0.1, 0.15) is 5.78 Å². The maximum atomic E-state index is 13.4. The van der Waals surface area contributed by atoms with Crippen LogP contribution in [0.25, 0.3) is 0 Å². The fourth-order valence-electron chi connectivity index (χ4n) is 7.23. The lowest BCUT2D eigenvalue weighted by atomic mass is 9.43. The molecule has 0 N–H and O–H groups in total. The zero-order chi connectivity index (χ0) is 18.2. The second-order valence-corrected chi connectivity index (χ2v) is 9.92. The van der Waals surface area contributed by atoms with E-state index in [1.54, 1.807) is 6.08 Å². The summed E-state index contributed by atoms with van der Waals surface area (Å²) in [5, 5.41) is 0. The molecule has 6 atom stereocenters. The number of Topliss-reactive ketones (excluding diaryl/α,β-unsaturated/α-hetero) is 1. The van der Waals surface area contributed by atoms with Gasteiger partial charge in [0, 0.05) is 17.9 Å². The molecule has 3 saturated carbocycles. The van der Waals surface area contributed by atoms with Crippen LogP contribution in [0.2, 0.25) is 0 Å². The summed E-state index contributed by atoms with van der Waals surface area (Å²) in [6, 6.07) is 0. The second-order valence-electron chi connectivity index (χ2n) is 9.92. The molecule has 4 aliphatic rings. The van der Waals surface area contributed by atoms with E-state index in [0.29, 0.717) is 11.7 Å². The number of carbonyl (C=O) groups is 2. The van der Waals surface area contributed by atoms with Crippen molar-refractivity contribution in [2.75, 3.05) is 20.6 Å². The van der Waals surface area contributed by atoms with Crippen molar-refractivity contribution in [3.05, 3.63) is 24.3 Å². The Morgan fingerprint density at radius 3 is 2.60 bits per heavy atom. The third kappa shape index (κ3) is 2.08. The molecule has 25 heavy (non-hydrogen) atoms. The first kappa shape index (κ1) is 17.2. The van der Waals surface area contributed by atoms with E-state index in [2.05, 4.69) is 45.5 Å². The summed E-state index contributed by atoms with van der Waals surface area (Å²) in [6.07, 6.45) is 9.14. The second kappa shape index (κ2) is 5.16. The van der Waals surface area contributed by atoms with Crippen LogP contribution in [-0.2, 0) is 9.59 Å². The van der Waals surface area contributed by atoms with Crippen LogP contribution in [0.5, 0.6) is 0 Å². The zero-order valence-electron chi connectivity index (χ0n) is 16.1. The molecule has 0 saturated heterocycles. The van der Waals surface area contributed by atoms with Gasteiger partial charge in [0.25, 0.3) is 0 Å². The highest BCUT2D eigenvalue weighted by Crippen LogP contribution is 2.72. The van der Waals surface area contributed by atoms with E-state index < -0.39 is 0 Å². The summed E-state index contributed by atoms with van der Waals surface area (Å²) in [7, 11) is 4.16. The molecule has 136 valence electrons. The van der Waals surface area contributed by atoms with Crippen molar-refractivity contribution in [1.29, 1.82) is 0 Å². The molecule has 0 aliphatic heterocycles. The topological polar surface area (TPSA) is 37.4 Å². The minimum Gasteiger partial charge on any atom is -0.309 e. The zero-order valence-corrected chi connectivity index (χ0v) is 16.1. The van der Waals surface area contributed by atoms with Crippen molar-refractivity contribution in [2.45, 2.75) is 46.0 Å². The highest BCUT2D eigenvalue weighted by atomic mass is 16.1. The van der Waals surface area contributed by atoms with Crippen LogP contribution in [0.1, 0.15) is 46.0 Å². The van der Waals surface area contributed by atoms with Gasteiger partial charge in [0.05, 0.1) is 0 Å². The number of hydrogen-bond donors (Lipinski definition) is 0. The maximum absolute atomic E-state index is 13.4. The number of ketones is 2. The SMILES string of the molecule is C=C1C(=O)C=C[C@]2(C)[C@@H]1CC[C@]13C[C@](C)(CC[C@@H]21)C(=O)[C@H]3CN(C)C. The Bertz CT molecular complexity index is 692. The average Bonchev–Trinajstić information content (AvgIpc) is 2.68. The number of allylic oxidation sites excluding steroid dienone is 3. The molecule has 0 aromatic heterocycles. The van der Waals surface area contributed by atoms with Crippen LogP contribution in [0.15, 0.2) is 24.3 Å². The summed E-state index contributed by atoms with van der Waals surface area (Å²) >= 11 is 0. The highest BCUT2D eigenvalue weighted by molar-refractivity contribution is 6.05. The molecule has 1 spiro atoms. The fourth-order valence-corrected chi connectivity index (χ4v) is 7.23. The van der Waals surface area contributed by atoms with Gasteiger partial charge >= 0.3 is 0 Å². The summed E-state index contributed by atoms with van der Waals surface area (Å²) < 4.78 is 0. The highest BCUT2D eigenvalue weighted by Gasteiger charge is 2.69. The number of nitrogens with zero attached hydrogens (tertiary/aromatic N) is 1. The standard InChI is InChI=1S/C22H31NO2/c1-14-15-6-11-22-13-20(2,19(25)16(22)12-23(4)5)9-8-18(22)21(15,3)10-7-17(14)24/h7,10,15-16,18H,1,6,8-9,11-13H2,2-5H3/t15-,16-,18+,20+,21-,22-/m1/s1. The van der Waals surface area contributed by atoms with Crippen molar-refractivity contribution < 1.29 is 9.59 Å². The lowest BCUT2D eigenvalue weighted by Gasteiger charge is -2.60. The Kier molecular flexibility index (Phi) is 3.55. The first-order chi connectivity index (χ1) is 11.6. The van der Waals surface area contributed by atoms with Gasteiger partial charge in [0.2, 0.25) is 0 Å². The van der Waals surface area contributed by atoms with E-state index in [1.165, 1.54) is 0 Å². The molecular formula is C22H31NO2. The monoisotopic (exact) mass is 341 g/mol. The number of hydrogen-bond acceptors (Lipinski definition) is 3. The molecule has 0 heterocycles. The molecule has 0 aromatic rings. The van der Waals surface area contributed by atoms with E-state index >= 15 is 0 Å². The predicted octanol–water partition coefficient (Wildman–Crippen LogP) is 3.65. The molecular weight excluding hydrogens is 310 g/mol. The van der Waals surface area contributed by atoms with Crippen molar-refractivity contribution >= 4 is 11.6 Å². The summed E-state index contributed by atoms with van der Waals surface area (Å²) in [5.41, 5.74) is 0.734. The summed E-state index contributed by atoms with van der Waals surface area (Å²) in [6.45, 7) is 9.53. The third-order valence-electron chi connectivity index (χ3n) is 8.28. The predicted molar refractivity (Wildman–Crippen MR) is 99.1 cm³/mol. The van der Waals surface area contributed by atoms with E-state index in [9.17, 15) is 9.59 Å². The van der Waals surface area contributed by atoms with Gasteiger partial charge in [-0.05, 0) is 80.5 Å². The lowest BCUT2D eigenvalue weighted by Crippen LogP contribution is -2.55. The Hall–Kier alpha value is -1.22. The normalized spacial score (nSPS) is 48.7. The minimum absolute atomic E-state index is 0.0280. The molecule has 3 nitrogen and oxygen atoms in total. The molecule has 0 aromatic carbocycles. The molecule has 3 fully saturated rings. The van der Waals surface area contributed by atoms with Crippen LogP contribution in [0.3, 0.4) is 0 Å². The number of fused-ring (bicyclic) bond motifs is 3. The first-order valence-electron chi connectivity index (χ1n) is 9.75. The smallest absolute Gasteiger partial charge is 0.181 e. The summed E-state index contributed by atoms with van der Waals surface area (Å²) in [4.78, 5) is 27.7. The van der Waals surface area contributed by atoms with Crippen LogP contribution >= 0.6 is 0 Å². The molecule has 3 heteroatoms. The fraction of sp³-hybridized carbons (Fsp3) is 0.727. The Labute approximate surface area is 151 Å². The van der Waals surface area contributed by atoms with Crippen LogP contribution in [0.4, 0.5) is 0 Å². The quantitative estimate of drug-likeness (QED) is 0.720. The minimum atomic E-state index is -0.133. The van der Waals surface area contributed by atoms with Crippen molar-refractivity contribution in [3.8, 4) is 0 Å². The van der Waals surface area contributed by atoms with Gasteiger partial charge in [-0.3, -0.25) is 9.59 Å². The Morgan fingerprint density at radius 2 is 1.92 bits per heavy atom. The van der Waals surface area contributed by atoms with Gasteiger partial charge in [-0.25, -0.2) is 0 Å². The average molecular weight is 341 g/mol. The first-order valence-corrected chi connectivity index (χ1v) is 9.75.